The van der Waals surface area contributed by atoms with E-state index < -0.39 is 26.7 Å². The molecule has 1 aliphatic heterocycles. The molecule has 0 bridgehead atoms. The maximum Gasteiger partial charge on any atom is 0.417 e. The van der Waals surface area contributed by atoms with Crippen LogP contribution in [-0.4, -0.2) is 30.6 Å². The molecule has 0 spiro atoms. The third-order valence-corrected chi connectivity index (χ3v) is 6.41. The predicted molar refractivity (Wildman–Crippen MR) is 76.7 cm³/mol. The summed E-state index contributed by atoms with van der Waals surface area (Å²) in [5.41, 5.74) is -1.11. The minimum atomic E-state index is -4.70. The standard InChI is InChI=1S/C13H15BrF3NO2S/c1-9-6-7-18(11(9)8-14)21(19,20)12-5-3-2-4-10(12)13(15,16)17/h2-5,9,11H,6-8H2,1H3. The van der Waals surface area contributed by atoms with Crippen molar-refractivity contribution in [2.24, 2.45) is 5.92 Å². The molecule has 1 heterocycles. The van der Waals surface area contributed by atoms with E-state index in [4.69, 9.17) is 0 Å². The van der Waals surface area contributed by atoms with Crippen LogP contribution in [0.2, 0.25) is 0 Å². The Balaban J connectivity index is 2.51. The fraction of sp³-hybridized carbons (Fsp3) is 0.538. The molecule has 0 N–H and O–H groups in total. The summed E-state index contributed by atoms with van der Waals surface area (Å²) in [6.45, 7) is 2.14. The zero-order chi connectivity index (χ0) is 15.8. The molecule has 2 atom stereocenters. The second-order valence-electron chi connectivity index (χ2n) is 5.10. The van der Waals surface area contributed by atoms with Crippen molar-refractivity contribution in [2.75, 3.05) is 11.9 Å². The molecule has 1 saturated heterocycles. The minimum Gasteiger partial charge on any atom is -0.207 e. The van der Waals surface area contributed by atoms with E-state index in [-0.39, 0.29) is 18.5 Å². The van der Waals surface area contributed by atoms with Gasteiger partial charge >= 0.3 is 6.18 Å². The van der Waals surface area contributed by atoms with E-state index in [9.17, 15) is 21.6 Å². The van der Waals surface area contributed by atoms with Gasteiger partial charge in [0.25, 0.3) is 0 Å². The largest absolute Gasteiger partial charge is 0.417 e. The minimum absolute atomic E-state index is 0.109. The van der Waals surface area contributed by atoms with Crippen molar-refractivity contribution < 1.29 is 21.6 Å². The van der Waals surface area contributed by atoms with Crippen molar-refractivity contribution in [3.63, 3.8) is 0 Å². The average molecular weight is 386 g/mol. The molecule has 21 heavy (non-hydrogen) atoms. The topological polar surface area (TPSA) is 37.4 Å². The smallest absolute Gasteiger partial charge is 0.207 e. The molecule has 0 aliphatic carbocycles. The normalized spacial score (nSPS) is 24.4. The number of hydrogen-bond donors (Lipinski definition) is 0. The molecular formula is C13H15BrF3NO2S. The maximum absolute atomic E-state index is 13.0. The van der Waals surface area contributed by atoms with Gasteiger partial charge in [0.2, 0.25) is 10.0 Å². The van der Waals surface area contributed by atoms with Crippen molar-refractivity contribution >= 4 is 26.0 Å². The molecule has 1 aromatic carbocycles. The van der Waals surface area contributed by atoms with Gasteiger partial charge in [-0.15, -0.1) is 0 Å². The first-order chi connectivity index (χ1) is 9.69. The summed E-state index contributed by atoms with van der Waals surface area (Å²) >= 11 is 3.25. The summed E-state index contributed by atoms with van der Waals surface area (Å²) in [4.78, 5) is -0.669. The molecule has 1 aromatic rings. The van der Waals surface area contributed by atoms with Gasteiger partial charge < -0.3 is 0 Å². The molecule has 0 radical (unpaired) electrons. The molecular weight excluding hydrogens is 371 g/mol. The number of hydrogen-bond acceptors (Lipinski definition) is 2. The predicted octanol–water partition coefficient (Wildman–Crippen LogP) is 3.50. The Morgan fingerprint density at radius 2 is 1.95 bits per heavy atom. The zero-order valence-corrected chi connectivity index (χ0v) is 13.7. The Hall–Kier alpha value is -0.600. The zero-order valence-electron chi connectivity index (χ0n) is 11.3. The Morgan fingerprint density at radius 3 is 2.52 bits per heavy atom. The van der Waals surface area contributed by atoms with Gasteiger partial charge in [-0.25, -0.2) is 8.42 Å². The first kappa shape index (κ1) is 16.8. The summed E-state index contributed by atoms with van der Waals surface area (Å²) in [6, 6.07) is 4.00. The van der Waals surface area contributed by atoms with Crippen molar-refractivity contribution in [1.82, 2.24) is 4.31 Å². The van der Waals surface area contributed by atoms with E-state index in [1.165, 1.54) is 16.4 Å². The SMILES string of the molecule is CC1CCN(S(=O)(=O)c2ccccc2C(F)(F)F)C1CBr. The van der Waals surface area contributed by atoms with E-state index in [0.717, 1.165) is 12.1 Å². The van der Waals surface area contributed by atoms with Crippen molar-refractivity contribution in [1.29, 1.82) is 0 Å². The van der Waals surface area contributed by atoms with Crippen molar-refractivity contribution in [3.05, 3.63) is 29.8 Å². The number of halogens is 4. The molecule has 0 amide bonds. The maximum atomic E-state index is 13.0. The molecule has 3 nitrogen and oxygen atoms in total. The first-order valence-electron chi connectivity index (χ1n) is 6.43. The molecule has 2 rings (SSSR count). The van der Waals surface area contributed by atoms with Crippen LogP contribution in [0.1, 0.15) is 18.9 Å². The lowest BCUT2D eigenvalue weighted by Crippen LogP contribution is -2.39. The highest BCUT2D eigenvalue weighted by atomic mass is 79.9. The second-order valence-corrected chi connectivity index (χ2v) is 7.60. The second kappa shape index (κ2) is 5.89. The highest BCUT2D eigenvalue weighted by molar-refractivity contribution is 9.09. The van der Waals surface area contributed by atoms with E-state index in [2.05, 4.69) is 15.9 Å². The Kier molecular flexibility index (Phi) is 4.70. The van der Waals surface area contributed by atoms with Gasteiger partial charge in [0, 0.05) is 17.9 Å². The number of alkyl halides is 4. The highest BCUT2D eigenvalue weighted by Crippen LogP contribution is 2.38. The Bertz CT molecular complexity index is 618. The molecule has 0 aromatic heterocycles. The third kappa shape index (κ3) is 3.12. The highest BCUT2D eigenvalue weighted by Gasteiger charge is 2.43. The number of sulfonamides is 1. The fourth-order valence-corrected chi connectivity index (χ4v) is 5.68. The number of benzene rings is 1. The average Bonchev–Trinajstić information content (AvgIpc) is 2.79. The van der Waals surface area contributed by atoms with Gasteiger partial charge in [-0.05, 0) is 24.5 Å². The summed E-state index contributed by atoms with van der Waals surface area (Å²) in [5.74, 6) is 0.109. The monoisotopic (exact) mass is 385 g/mol. The van der Waals surface area contributed by atoms with Crippen LogP contribution >= 0.6 is 15.9 Å². The van der Waals surface area contributed by atoms with Crippen LogP contribution in [0.15, 0.2) is 29.2 Å². The van der Waals surface area contributed by atoms with Crippen LogP contribution in [0.25, 0.3) is 0 Å². The third-order valence-electron chi connectivity index (χ3n) is 3.77. The van der Waals surface area contributed by atoms with E-state index >= 15 is 0 Å². The van der Waals surface area contributed by atoms with Gasteiger partial charge in [-0.2, -0.15) is 17.5 Å². The summed E-state index contributed by atoms with van der Waals surface area (Å²) in [5, 5.41) is 0.404. The van der Waals surface area contributed by atoms with Crippen LogP contribution in [0, 0.1) is 5.92 Å². The van der Waals surface area contributed by atoms with Crippen LogP contribution < -0.4 is 0 Å². The molecule has 2 unspecified atom stereocenters. The van der Waals surface area contributed by atoms with Crippen LogP contribution in [-0.2, 0) is 16.2 Å². The van der Waals surface area contributed by atoms with Gasteiger partial charge in [0.05, 0.1) is 10.5 Å². The number of rotatable bonds is 3. The summed E-state index contributed by atoms with van der Waals surface area (Å²) in [6.07, 6.45) is -4.05. The van der Waals surface area contributed by atoms with E-state index in [0.29, 0.717) is 11.8 Å². The Labute approximate surface area is 130 Å². The summed E-state index contributed by atoms with van der Waals surface area (Å²) < 4.78 is 65.5. The van der Waals surface area contributed by atoms with Crippen LogP contribution in [0.4, 0.5) is 13.2 Å². The molecule has 1 aliphatic rings. The molecule has 0 saturated carbocycles. The molecule has 1 fully saturated rings. The van der Waals surface area contributed by atoms with Gasteiger partial charge in [-0.3, -0.25) is 0 Å². The van der Waals surface area contributed by atoms with Gasteiger partial charge in [-0.1, -0.05) is 35.0 Å². The quantitative estimate of drug-likeness (QED) is 0.746. The van der Waals surface area contributed by atoms with Crippen LogP contribution in [0.3, 0.4) is 0 Å². The van der Waals surface area contributed by atoms with E-state index in [1.807, 2.05) is 6.92 Å². The van der Waals surface area contributed by atoms with Crippen molar-refractivity contribution in [2.45, 2.75) is 30.5 Å². The number of nitrogens with zero attached hydrogens (tertiary/aromatic N) is 1. The fourth-order valence-electron chi connectivity index (χ4n) is 2.55. The molecule has 8 heteroatoms. The van der Waals surface area contributed by atoms with Crippen LogP contribution in [0.5, 0.6) is 0 Å². The Morgan fingerprint density at radius 1 is 1.33 bits per heavy atom. The molecule has 118 valence electrons. The van der Waals surface area contributed by atoms with Gasteiger partial charge in [0.1, 0.15) is 0 Å². The summed E-state index contributed by atoms with van der Waals surface area (Å²) in [7, 11) is -4.16. The lowest BCUT2D eigenvalue weighted by Gasteiger charge is -2.26. The van der Waals surface area contributed by atoms with Crippen molar-refractivity contribution in [3.8, 4) is 0 Å². The first-order valence-corrected chi connectivity index (χ1v) is 8.99. The lowest BCUT2D eigenvalue weighted by atomic mass is 10.1. The lowest BCUT2D eigenvalue weighted by molar-refractivity contribution is -0.139. The van der Waals surface area contributed by atoms with E-state index in [1.54, 1.807) is 0 Å². The van der Waals surface area contributed by atoms with Gasteiger partial charge in [0.15, 0.2) is 0 Å².